The standard InChI is InChI=1S/C15H22N2O4/c1-4-6-10-16(11(3)5-2)15(19)12-8-7-9-13(14(12)18)17(20)21/h7-9,11,18H,4-6,10H2,1-3H3. The van der Waals surface area contributed by atoms with Crippen molar-refractivity contribution in [1.82, 2.24) is 4.90 Å². The topological polar surface area (TPSA) is 83.7 Å². The summed E-state index contributed by atoms with van der Waals surface area (Å²) in [5, 5.41) is 20.8. The third-order valence-electron chi connectivity index (χ3n) is 3.58. The highest BCUT2D eigenvalue weighted by atomic mass is 16.6. The van der Waals surface area contributed by atoms with E-state index in [0.29, 0.717) is 6.54 Å². The quantitative estimate of drug-likeness (QED) is 0.617. The number of para-hydroxylation sites is 1. The third-order valence-corrected chi connectivity index (χ3v) is 3.58. The number of hydrogen-bond acceptors (Lipinski definition) is 4. The lowest BCUT2D eigenvalue weighted by molar-refractivity contribution is -0.385. The lowest BCUT2D eigenvalue weighted by Crippen LogP contribution is -2.39. The molecular weight excluding hydrogens is 272 g/mol. The van der Waals surface area contributed by atoms with Crippen LogP contribution in [0, 0.1) is 10.1 Å². The van der Waals surface area contributed by atoms with Crippen molar-refractivity contribution in [2.75, 3.05) is 6.54 Å². The van der Waals surface area contributed by atoms with Gasteiger partial charge in [0.1, 0.15) is 0 Å². The number of rotatable bonds is 7. The average Bonchev–Trinajstić information content (AvgIpc) is 2.46. The molecule has 0 aliphatic rings. The van der Waals surface area contributed by atoms with E-state index in [1.165, 1.54) is 18.2 Å². The van der Waals surface area contributed by atoms with E-state index in [0.717, 1.165) is 19.3 Å². The van der Waals surface area contributed by atoms with E-state index < -0.39 is 16.4 Å². The molecule has 1 rings (SSSR count). The van der Waals surface area contributed by atoms with Gasteiger partial charge in [-0.05, 0) is 25.8 Å². The van der Waals surface area contributed by atoms with Gasteiger partial charge in [-0.25, -0.2) is 0 Å². The number of nitrogens with zero attached hydrogens (tertiary/aromatic N) is 2. The molecule has 0 spiro atoms. The number of unbranched alkanes of at least 4 members (excludes halogenated alkanes) is 1. The van der Waals surface area contributed by atoms with E-state index in [1.807, 2.05) is 20.8 Å². The van der Waals surface area contributed by atoms with Crippen LogP contribution in [0.3, 0.4) is 0 Å². The molecule has 116 valence electrons. The van der Waals surface area contributed by atoms with Gasteiger partial charge < -0.3 is 10.0 Å². The first kappa shape index (κ1) is 16.9. The molecule has 0 aliphatic carbocycles. The van der Waals surface area contributed by atoms with Crippen LogP contribution in [0.2, 0.25) is 0 Å². The maximum atomic E-state index is 12.6. The van der Waals surface area contributed by atoms with Crippen LogP contribution in [-0.4, -0.2) is 33.4 Å². The number of nitro benzene ring substituents is 1. The lowest BCUT2D eigenvalue weighted by atomic mass is 10.1. The molecule has 1 atom stereocenters. The molecule has 1 unspecified atom stereocenters. The fourth-order valence-corrected chi connectivity index (χ4v) is 2.08. The highest BCUT2D eigenvalue weighted by Gasteiger charge is 2.26. The number of carbonyl (C=O) groups excluding carboxylic acids is 1. The van der Waals surface area contributed by atoms with Crippen LogP contribution in [0.25, 0.3) is 0 Å². The number of amides is 1. The van der Waals surface area contributed by atoms with Crippen LogP contribution >= 0.6 is 0 Å². The molecule has 0 bridgehead atoms. The number of benzene rings is 1. The average molecular weight is 294 g/mol. The normalized spacial score (nSPS) is 12.0. The molecule has 1 N–H and O–H groups in total. The Balaban J connectivity index is 3.14. The van der Waals surface area contributed by atoms with Crippen molar-refractivity contribution in [3.8, 4) is 5.75 Å². The van der Waals surface area contributed by atoms with E-state index in [9.17, 15) is 20.0 Å². The molecule has 0 heterocycles. The third kappa shape index (κ3) is 3.93. The first-order chi connectivity index (χ1) is 9.93. The molecule has 0 fully saturated rings. The zero-order valence-corrected chi connectivity index (χ0v) is 12.7. The molecule has 0 saturated heterocycles. The van der Waals surface area contributed by atoms with Gasteiger partial charge in [0.05, 0.1) is 10.5 Å². The van der Waals surface area contributed by atoms with E-state index in [4.69, 9.17) is 0 Å². The maximum absolute atomic E-state index is 12.6. The Bertz CT molecular complexity index is 516. The van der Waals surface area contributed by atoms with Gasteiger partial charge in [-0.1, -0.05) is 26.3 Å². The molecule has 1 amide bonds. The van der Waals surface area contributed by atoms with Gasteiger partial charge in [0, 0.05) is 18.7 Å². The van der Waals surface area contributed by atoms with E-state index in [2.05, 4.69) is 0 Å². The van der Waals surface area contributed by atoms with Crippen molar-refractivity contribution in [1.29, 1.82) is 0 Å². The van der Waals surface area contributed by atoms with Crippen LogP contribution in [0.4, 0.5) is 5.69 Å². The second kappa shape index (κ2) is 7.61. The number of carbonyl (C=O) groups is 1. The Hall–Kier alpha value is -2.11. The van der Waals surface area contributed by atoms with Gasteiger partial charge in [-0.2, -0.15) is 0 Å². The zero-order chi connectivity index (χ0) is 16.0. The number of nitro groups is 1. The van der Waals surface area contributed by atoms with Crippen LogP contribution < -0.4 is 0 Å². The van der Waals surface area contributed by atoms with Crippen molar-refractivity contribution in [3.05, 3.63) is 33.9 Å². The first-order valence-electron chi connectivity index (χ1n) is 7.21. The molecule has 0 saturated carbocycles. The predicted octanol–water partition coefficient (Wildman–Crippen LogP) is 3.34. The maximum Gasteiger partial charge on any atom is 0.311 e. The summed E-state index contributed by atoms with van der Waals surface area (Å²) in [6.07, 6.45) is 2.58. The SMILES string of the molecule is CCCCN(C(=O)c1cccc([N+](=O)[O-])c1O)C(C)CC. The van der Waals surface area contributed by atoms with Gasteiger partial charge >= 0.3 is 5.69 Å². The molecule has 0 aliphatic heterocycles. The van der Waals surface area contributed by atoms with Crippen LogP contribution in [0.5, 0.6) is 5.75 Å². The number of phenols is 1. The summed E-state index contributed by atoms with van der Waals surface area (Å²) >= 11 is 0. The van der Waals surface area contributed by atoms with E-state index >= 15 is 0 Å². The van der Waals surface area contributed by atoms with Crippen LogP contribution in [0.15, 0.2) is 18.2 Å². The smallest absolute Gasteiger partial charge is 0.311 e. The minimum Gasteiger partial charge on any atom is -0.502 e. The second-order valence-electron chi connectivity index (χ2n) is 5.04. The summed E-state index contributed by atoms with van der Waals surface area (Å²) in [7, 11) is 0. The molecule has 0 radical (unpaired) electrons. The van der Waals surface area contributed by atoms with Crippen molar-refractivity contribution < 1.29 is 14.8 Å². The predicted molar refractivity (Wildman–Crippen MR) is 80.5 cm³/mol. The van der Waals surface area contributed by atoms with E-state index in [1.54, 1.807) is 4.90 Å². The van der Waals surface area contributed by atoms with Gasteiger partial charge in [0.2, 0.25) is 5.75 Å². The van der Waals surface area contributed by atoms with Crippen LogP contribution in [0.1, 0.15) is 50.4 Å². The largest absolute Gasteiger partial charge is 0.502 e. The monoisotopic (exact) mass is 294 g/mol. The zero-order valence-electron chi connectivity index (χ0n) is 12.7. The fourth-order valence-electron chi connectivity index (χ4n) is 2.08. The number of aromatic hydroxyl groups is 1. The lowest BCUT2D eigenvalue weighted by Gasteiger charge is -2.28. The molecule has 21 heavy (non-hydrogen) atoms. The van der Waals surface area contributed by atoms with Gasteiger partial charge in [0.25, 0.3) is 5.91 Å². The Labute approximate surface area is 124 Å². The number of hydrogen-bond donors (Lipinski definition) is 1. The molecule has 1 aromatic carbocycles. The van der Waals surface area contributed by atoms with Gasteiger partial charge in [-0.3, -0.25) is 14.9 Å². The summed E-state index contributed by atoms with van der Waals surface area (Å²) < 4.78 is 0. The molecule has 6 nitrogen and oxygen atoms in total. The minimum absolute atomic E-state index is 0.0133. The molecule has 6 heteroatoms. The summed E-state index contributed by atoms with van der Waals surface area (Å²) in [6, 6.07) is 4.04. The highest BCUT2D eigenvalue weighted by Crippen LogP contribution is 2.30. The highest BCUT2D eigenvalue weighted by molar-refractivity contribution is 5.98. The van der Waals surface area contributed by atoms with Crippen molar-refractivity contribution >= 4 is 11.6 Å². The van der Waals surface area contributed by atoms with Gasteiger partial charge in [-0.15, -0.1) is 0 Å². The first-order valence-corrected chi connectivity index (χ1v) is 7.21. The van der Waals surface area contributed by atoms with Gasteiger partial charge in [0.15, 0.2) is 0 Å². The second-order valence-corrected chi connectivity index (χ2v) is 5.04. The van der Waals surface area contributed by atoms with Crippen LogP contribution in [-0.2, 0) is 0 Å². The van der Waals surface area contributed by atoms with Crippen molar-refractivity contribution in [2.45, 2.75) is 46.1 Å². The van der Waals surface area contributed by atoms with Crippen molar-refractivity contribution in [2.24, 2.45) is 0 Å². The number of phenolic OH excluding ortho intramolecular Hbond substituents is 1. The Morgan fingerprint density at radius 1 is 1.43 bits per heavy atom. The van der Waals surface area contributed by atoms with E-state index in [-0.39, 0.29) is 17.5 Å². The summed E-state index contributed by atoms with van der Waals surface area (Å²) in [5.74, 6) is -0.920. The molecular formula is C15H22N2O4. The summed E-state index contributed by atoms with van der Waals surface area (Å²) in [6.45, 7) is 6.52. The minimum atomic E-state index is -0.689. The molecule has 1 aromatic rings. The Kier molecular flexibility index (Phi) is 6.14. The Morgan fingerprint density at radius 3 is 2.62 bits per heavy atom. The Morgan fingerprint density at radius 2 is 2.10 bits per heavy atom. The van der Waals surface area contributed by atoms with Crippen molar-refractivity contribution in [3.63, 3.8) is 0 Å². The fraction of sp³-hybridized carbons (Fsp3) is 0.533. The summed E-state index contributed by atoms with van der Waals surface area (Å²) in [4.78, 5) is 24.4. The molecule has 0 aromatic heterocycles. The summed E-state index contributed by atoms with van der Waals surface area (Å²) in [5.41, 5.74) is -0.457.